The van der Waals surface area contributed by atoms with E-state index in [1.165, 1.54) is 6.34 Å². The first-order valence-corrected chi connectivity index (χ1v) is 4.08. The molecular formula is C8H12N6. The van der Waals surface area contributed by atoms with Crippen molar-refractivity contribution in [2.45, 2.75) is 13.8 Å². The standard InChI is InChI=1S/C8H12N6/c1-4-9-7(12-6(2)3)8-13-10-5-11-14-8/h4-5H,2H2,1,3H3,(H,10,11)(H,13,14). The highest BCUT2D eigenvalue weighted by Crippen LogP contribution is 1.94. The number of nitrogens with zero attached hydrogens (tertiary/aromatic N) is 4. The summed E-state index contributed by atoms with van der Waals surface area (Å²) < 4.78 is 0. The highest BCUT2D eigenvalue weighted by atomic mass is 15.5. The van der Waals surface area contributed by atoms with E-state index in [-0.39, 0.29) is 0 Å². The smallest absolute Gasteiger partial charge is 0.211 e. The fourth-order valence-electron chi connectivity index (χ4n) is 0.787. The van der Waals surface area contributed by atoms with Crippen LogP contribution in [-0.4, -0.2) is 24.2 Å². The Morgan fingerprint density at radius 2 is 2.43 bits per heavy atom. The van der Waals surface area contributed by atoms with Crippen LogP contribution >= 0.6 is 0 Å². The van der Waals surface area contributed by atoms with Crippen LogP contribution < -0.4 is 10.9 Å². The molecule has 0 fully saturated rings. The summed E-state index contributed by atoms with van der Waals surface area (Å²) in [4.78, 5) is 8.15. The molecule has 6 nitrogen and oxygen atoms in total. The van der Waals surface area contributed by atoms with Crippen molar-refractivity contribution in [3.05, 3.63) is 12.3 Å². The molecule has 14 heavy (non-hydrogen) atoms. The molecule has 6 heteroatoms. The molecule has 0 aromatic rings. The van der Waals surface area contributed by atoms with Gasteiger partial charge in [-0.25, -0.2) is 9.98 Å². The lowest BCUT2D eigenvalue weighted by Gasteiger charge is -2.08. The Morgan fingerprint density at radius 3 is 2.93 bits per heavy atom. The highest BCUT2D eigenvalue weighted by molar-refractivity contribution is 6.42. The minimum absolute atomic E-state index is 0.448. The lowest BCUT2D eigenvalue weighted by atomic mass is 10.5. The van der Waals surface area contributed by atoms with Gasteiger partial charge in [0.25, 0.3) is 0 Å². The van der Waals surface area contributed by atoms with Gasteiger partial charge in [0.15, 0.2) is 5.84 Å². The van der Waals surface area contributed by atoms with E-state index in [1.807, 2.05) is 0 Å². The minimum atomic E-state index is 0.448. The summed E-state index contributed by atoms with van der Waals surface area (Å²) in [6.07, 6.45) is 3.06. The molecule has 0 bridgehead atoms. The molecule has 1 heterocycles. The monoisotopic (exact) mass is 192 g/mol. The Morgan fingerprint density at radius 1 is 1.64 bits per heavy atom. The van der Waals surface area contributed by atoms with Gasteiger partial charge in [0, 0.05) is 11.9 Å². The first kappa shape index (κ1) is 10.1. The third-order valence-corrected chi connectivity index (χ3v) is 1.23. The van der Waals surface area contributed by atoms with Crippen LogP contribution in [0.1, 0.15) is 13.8 Å². The second-order valence-corrected chi connectivity index (χ2v) is 2.52. The van der Waals surface area contributed by atoms with Gasteiger partial charge in [0.05, 0.1) is 0 Å². The first-order valence-electron chi connectivity index (χ1n) is 4.08. The molecule has 0 radical (unpaired) electrons. The predicted octanol–water partition coefficient (Wildman–Crippen LogP) is 0.459. The first-order chi connectivity index (χ1) is 6.74. The third kappa shape index (κ3) is 2.81. The molecule has 74 valence electrons. The molecule has 0 spiro atoms. The summed E-state index contributed by atoms with van der Waals surface area (Å²) in [7, 11) is 0. The van der Waals surface area contributed by atoms with E-state index in [2.05, 4.69) is 37.6 Å². The molecule has 0 saturated carbocycles. The minimum Gasteiger partial charge on any atom is -0.264 e. The zero-order valence-corrected chi connectivity index (χ0v) is 8.15. The van der Waals surface area contributed by atoms with Crippen molar-refractivity contribution in [2.24, 2.45) is 20.2 Å². The van der Waals surface area contributed by atoms with E-state index in [9.17, 15) is 0 Å². The molecule has 1 aliphatic heterocycles. The maximum atomic E-state index is 4.11. The number of nitrogens with one attached hydrogen (secondary N) is 2. The van der Waals surface area contributed by atoms with Crippen molar-refractivity contribution in [2.75, 3.05) is 0 Å². The Kier molecular flexibility index (Phi) is 3.54. The molecule has 0 aliphatic carbocycles. The Balaban J connectivity index is 2.88. The van der Waals surface area contributed by atoms with Gasteiger partial charge in [-0.3, -0.25) is 10.9 Å². The molecule has 0 amide bonds. The van der Waals surface area contributed by atoms with Crippen molar-refractivity contribution in [3.63, 3.8) is 0 Å². The number of hydrogen-bond donors (Lipinski definition) is 2. The number of aliphatic imine (C=N–C) groups is 2. The van der Waals surface area contributed by atoms with Gasteiger partial charge in [-0.1, -0.05) is 6.58 Å². The van der Waals surface area contributed by atoms with Crippen molar-refractivity contribution >= 4 is 24.2 Å². The second-order valence-electron chi connectivity index (χ2n) is 2.52. The van der Waals surface area contributed by atoms with Gasteiger partial charge in [0.1, 0.15) is 6.34 Å². The number of amidine groups is 2. The topological polar surface area (TPSA) is 73.5 Å². The fourth-order valence-corrected chi connectivity index (χ4v) is 0.787. The van der Waals surface area contributed by atoms with E-state index in [4.69, 9.17) is 0 Å². The van der Waals surface area contributed by atoms with Gasteiger partial charge < -0.3 is 0 Å². The number of hydrogen-bond acceptors (Lipinski definition) is 5. The zero-order chi connectivity index (χ0) is 10.4. The van der Waals surface area contributed by atoms with Gasteiger partial charge in [-0.05, 0) is 13.8 Å². The normalized spacial score (nSPS) is 16.1. The molecule has 0 unspecified atom stereocenters. The number of rotatable bonds is 2. The Labute approximate surface area is 82.2 Å². The SMILES string of the molecule is C=C(C)N=C(N=CC)C1=NNC=NN1. The van der Waals surface area contributed by atoms with Crippen LogP contribution in [0.15, 0.2) is 32.5 Å². The van der Waals surface area contributed by atoms with Crippen LogP contribution in [0.3, 0.4) is 0 Å². The molecular weight excluding hydrogens is 180 g/mol. The summed E-state index contributed by atoms with van der Waals surface area (Å²) in [6, 6.07) is 0. The van der Waals surface area contributed by atoms with E-state index < -0.39 is 0 Å². The Hall–Kier alpha value is -1.98. The molecule has 1 aliphatic rings. The van der Waals surface area contributed by atoms with Crippen LogP contribution in [0.25, 0.3) is 0 Å². The molecule has 0 aromatic carbocycles. The maximum Gasteiger partial charge on any atom is 0.211 e. The summed E-state index contributed by atoms with van der Waals surface area (Å²) in [5.41, 5.74) is 5.93. The molecule has 2 N–H and O–H groups in total. The van der Waals surface area contributed by atoms with E-state index in [0.29, 0.717) is 17.4 Å². The summed E-state index contributed by atoms with van der Waals surface area (Å²) >= 11 is 0. The molecule has 0 atom stereocenters. The average molecular weight is 192 g/mol. The fraction of sp³-hybridized carbons (Fsp3) is 0.250. The number of hydrazone groups is 2. The van der Waals surface area contributed by atoms with E-state index in [1.54, 1.807) is 20.1 Å². The molecule has 1 rings (SSSR count). The van der Waals surface area contributed by atoms with Crippen molar-refractivity contribution in [1.29, 1.82) is 0 Å². The summed E-state index contributed by atoms with van der Waals surface area (Å²) in [5.74, 6) is 0.915. The lowest BCUT2D eigenvalue weighted by molar-refractivity contribution is 0.913. The largest absolute Gasteiger partial charge is 0.264 e. The summed E-state index contributed by atoms with van der Waals surface area (Å²) in [5, 5.41) is 7.69. The van der Waals surface area contributed by atoms with E-state index in [0.717, 1.165) is 0 Å². The predicted molar refractivity (Wildman–Crippen MR) is 58.6 cm³/mol. The second kappa shape index (κ2) is 4.90. The van der Waals surface area contributed by atoms with Gasteiger partial charge in [-0.2, -0.15) is 10.2 Å². The van der Waals surface area contributed by atoms with Gasteiger partial charge in [0.2, 0.25) is 5.84 Å². The number of allylic oxidation sites excluding steroid dienone is 1. The van der Waals surface area contributed by atoms with Crippen LogP contribution in [0.5, 0.6) is 0 Å². The lowest BCUT2D eigenvalue weighted by Crippen LogP contribution is -2.33. The van der Waals surface area contributed by atoms with Gasteiger partial charge >= 0.3 is 0 Å². The maximum absolute atomic E-state index is 4.11. The highest BCUT2D eigenvalue weighted by Gasteiger charge is 2.08. The van der Waals surface area contributed by atoms with Crippen molar-refractivity contribution in [3.8, 4) is 0 Å². The molecule has 0 saturated heterocycles. The van der Waals surface area contributed by atoms with Crippen LogP contribution in [0.2, 0.25) is 0 Å². The van der Waals surface area contributed by atoms with Crippen LogP contribution in [0.4, 0.5) is 0 Å². The third-order valence-electron chi connectivity index (χ3n) is 1.23. The Bertz CT molecular complexity index is 336. The van der Waals surface area contributed by atoms with Crippen LogP contribution in [-0.2, 0) is 0 Å². The van der Waals surface area contributed by atoms with Gasteiger partial charge in [-0.15, -0.1) is 0 Å². The molecule has 0 aromatic heterocycles. The quantitative estimate of drug-likeness (QED) is 0.492. The van der Waals surface area contributed by atoms with Crippen molar-refractivity contribution < 1.29 is 0 Å². The average Bonchev–Trinajstić information content (AvgIpc) is 2.18. The van der Waals surface area contributed by atoms with Crippen molar-refractivity contribution in [1.82, 2.24) is 10.9 Å². The van der Waals surface area contributed by atoms with Crippen LogP contribution in [0, 0.1) is 0 Å². The van der Waals surface area contributed by atoms with E-state index >= 15 is 0 Å². The summed E-state index contributed by atoms with van der Waals surface area (Å²) in [6.45, 7) is 7.25. The zero-order valence-electron chi connectivity index (χ0n) is 8.15.